The minimum absolute atomic E-state index is 0.0325. The van der Waals surface area contributed by atoms with Gasteiger partial charge in [-0.15, -0.1) is 0 Å². The predicted molar refractivity (Wildman–Crippen MR) is 157 cm³/mol. The van der Waals surface area contributed by atoms with Gasteiger partial charge >= 0.3 is 0 Å². The van der Waals surface area contributed by atoms with Gasteiger partial charge in [0, 0.05) is 78.5 Å². The Balaban J connectivity index is 1.04. The number of hydrogen-bond acceptors (Lipinski definition) is 8. The number of nitrogens with zero attached hydrogens (tertiary/aromatic N) is 3. The molecule has 3 aromatic rings. The van der Waals surface area contributed by atoms with Crippen LogP contribution in [0, 0.1) is 5.41 Å². The van der Waals surface area contributed by atoms with Crippen LogP contribution in [0.5, 0.6) is 5.75 Å². The number of fused-ring (bicyclic) bond motifs is 1. The zero-order valence-electron chi connectivity index (χ0n) is 22.7. The molecule has 0 bridgehead atoms. The van der Waals surface area contributed by atoms with E-state index in [1.54, 1.807) is 30.5 Å². The Hall–Kier alpha value is -3.76. The van der Waals surface area contributed by atoms with Gasteiger partial charge in [0.25, 0.3) is 5.56 Å². The second-order valence-corrected chi connectivity index (χ2v) is 12.2. The molecule has 1 aliphatic carbocycles. The quantitative estimate of drug-likeness (QED) is 0.287. The Labute approximate surface area is 233 Å². The summed E-state index contributed by atoms with van der Waals surface area (Å²) in [4.78, 5) is 29.0. The monoisotopic (exact) mass is 542 g/mol. The van der Waals surface area contributed by atoms with Gasteiger partial charge in [-0.1, -0.05) is 12.1 Å². The van der Waals surface area contributed by atoms with Crippen molar-refractivity contribution in [2.24, 2.45) is 11.1 Å². The number of benzene rings is 1. The summed E-state index contributed by atoms with van der Waals surface area (Å²) in [5, 5.41) is 13.6. The van der Waals surface area contributed by atoms with Crippen molar-refractivity contribution >= 4 is 23.5 Å². The molecule has 0 unspecified atom stereocenters. The lowest BCUT2D eigenvalue weighted by molar-refractivity contribution is -0.0432. The molecule has 1 saturated carbocycles. The molecule has 210 valence electrons. The number of nitrogens with one attached hydrogen (secondary N) is 3. The smallest absolute Gasteiger partial charge is 0.255 e. The van der Waals surface area contributed by atoms with Gasteiger partial charge in [-0.3, -0.25) is 9.78 Å². The van der Waals surface area contributed by atoms with E-state index >= 15 is 0 Å². The van der Waals surface area contributed by atoms with E-state index in [1.807, 2.05) is 6.07 Å². The van der Waals surface area contributed by atoms with Gasteiger partial charge in [0.15, 0.2) is 0 Å². The molecule has 0 radical (unpaired) electrons. The topological polar surface area (TPSA) is 152 Å². The van der Waals surface area contributed by atoms with Crippen LogP contribution >= 0.6 is 0 Å². The van der Waals surface area contributed by atoms with Crippen LogP contribution in [0.4, 0.5) is 11.8 Å². The number of aromatic hydroxyl groups is 1. The molecule has 10 heteroatoms. The van der Waals surface area contributed by atoms with E-state index < -0.39 is 0 Å². The first-order chi connectivity index (χ1) is 19.4. The first kappa shape index (κ1) is 25.2. The summed E-state index contributed by atoms with van der Waals surface area (Å²) in [6.07, 6.45) is 9.01. The van der Waals surface area contributed by atoms with E-state index in [2.05, 4.69) is 25.1 Å². The number of para-hydroxylation sites is 1. The molecule has 2 aromatic heterocycles. The van der Waals surface area contributed by atoms with Crippen molar-refractivity contribution in [1.82, 2.24) is 25.2 Å². The van der Waals surface area contributed by atoms with Crippen molar-refractivity contribution < 1.29 is 5.11 Å². The van der Waals surface area contributed by atoms with Crippen LogP contribution in [0.15, 0.2) is 35.3 Å². The minimum Gasteiger partial charge on any atom is -0.507 e. The van der Waals surface area contributed by atoms with Crippen molar-refractivity contribution in [3.8, 4) is 5.75 Å². The number of H-pyrrole nitrogens is 2. The summed E-state index contributed by atoms with van der Waals surface area (Å²) in [6.45, 7) is 5.75. The van der Waals surface area contributed by atoms with Crippen molar-refractivity contribution in [1.29, 1.82) is 0 Å². The number of hydrogen-bond donors (Lipinski definition) is 6. The van der Waals surface area contributed by atoms with E-state index in [-0.39, 0.29) is 17.2 Å². The summed E-state index contributed by atoms with van der Waals surface area (Å²) < 4.78 is 0. The summed E-state index contributed by atoms with van der Waals surface area (Å²) in [7, 11) is 0. The largest absolute Gasteiger partial charge is 0.507 e. The minimum atomic E-state index is -0.0325. The average molecular weight is 543 g/mol. The molecule has 3 aliphatic heterocycles. The number of likely N-dealkylation sites (tertiary alicyclic amines) is 1. The molecular formula is C30H38N8O2. The van der Waals surface area contributed by atoms with Crippen LogP contribution in [0.2, 0.25) is 0 Å². The van der Waals surface area contributed by atoms with Gasteiger partial charge in [0.05, 0.1) is 0 Å². The third-order valence-corrected chi connectivity index (χ3v) is 9.70. The van der Waals surface area contributed by atoms with Crippen molar-refractivity contribution in [2.75, 3.05) is 43.4 Å². The summed E-state index contributed by atoms with van der Waals surface area (Å²) >= 11 is 0. The molecule has 8 N–H and O–H groups in total. The molecule has 3 fully saturated rings. The normalized spacial score (nSPS) is 21.7. The number of nitrogens with two attached hydrogens (primary N) is 2. The fourth-order valence-electron chi connectivity index (χ4n) is 7.23. The fourth-order valence-corrected chi connectivity index (χ4v) is 7.23. The second kappa shape index (κ2) is 9.71. The van der Waals surface area contributed by atoms with Gasteiger partial charge < -0.3 is 36.7 Å². The Morgan fingerprint density at radius 1 is 1.12 bits per heavy atom. The zero-order chi connectivity index (χ0) is 27.4. The Morgan fingerprint density at radius 3 is 2.60 bits per heavy atom. The zero-order valence-corrected chi connectivity index (χ0v) is 22.7. The predicted octanol–water partition coefficient (Wildman–Crippen LogP) is 2.34. The molecule has 0 amide bonds. The van der Waals surface area contributed by atoms with Crippen LogP contribution in [0.1, 0.15) is 59.5 Å². The van der Waals surface area contributed by atoms with Crippen LogP contribution in [0.3, 0.4) is 0 Å². The molecule has 1 aromatic carbocycles. The lowest BCUT2D eigenvalue weighted by Crippen LogP contribution is -2.65. The highest BCUT2D eigenvalue weighted by molar-refractivity contribution is 5.86. The molecule has 4 aliphatic rings. The Kier molecular flexibility index (Phi) is 6.12. The first-order valence-electron chi connectivity index (χ1n) is 14.4. The van der Waals surface area contributed by atoms with E-state index in [0.717, 1.165) is 60.8 Å². The molecule has 2 saturated heterocycles. The number of piperidine rings is 1. The average Bonchev–Trinajstić information content (AvgIpc) is 3.21. The van der Waals surface area contributed by atoms with E-state index in [4.69, 9.17) is 16.5 Å². The van der Waals surface area contributed by atoms with Gasteiger partial charge in [0.1, 0.15) is 11.6 Å². The molecular weight excluding hydrogens is 504 g/mol. The molecule has 10 nitrogen and oxygen atoms in total. The second-order valence-electron chi connectivity index (χ2n) is 12.2. The van der Waals surface area contributed by atoms with Crippen molar-refractivity contribution in [2.45, 2.75) is 50.6 Å². The number of aromatic amines is 2. The maximum absolute atomic E-state index is 13.2. The van der Waals surface area contributed by atoms with E-state index in [0.29, 0.717) is 41.5 Å². The highest BCUT2D eigenvalue weighted by Gasteiger charge is 2.50. The molecule has 7 rings (SSSR count). The first-order valence-corrected chi connectivity index (χ1v) is 14.4. The maximum atomic E-state index is 13.2. The number of aromatic nitrogens is 3. The molecule has 0 atom stereocenters. The number of phenolic OH excluding ortho intramolecular Hbond substituents is 1. The highest BCUT2D eigenvalue weighted by atomic mass is 16.3. The van der Waals surface area contributed by atoms with Gasteiger partial charge in [-0.05, 0) is 68.3 Å². The molecule has 5 heterocycles. The Bertz CT molecular complexity index is 1500. The lowest BCUT2D eigenvalue weighted by Gasteiger charge is -2.58. The highest BCUT2D eigenvalue weighted by Crippen LogP contribution is 2.47. The molecule has 1 spiro atoms. The molecule has 40 heavy (non-hydrogen) atoms. The maximum Gasteiger partial charge on any atom is 0.255 e. The van der Waals surface area contributed by atoms with Gasteiger partial charge in [-0.2, -0.15) is 0 Å². The van der Waals surface area contributed by atoms with E-state index in [9.17, 15) is 9.90 Å². The standard InChI is InChI=1S/C30H38N8O2/c31-24(20-3-1-2-4-26(20)39)11-21-23-15-38(10-7-25(23)35-27(21)32)29-34-14-22(28(40)36-29)18-5-8-37(9-6-18)19-12-30(13-19)16-33-17-30/h1-4,11,14,18-19,33,35,39H,5-10,12-13,15-17,31-32H2,(H,34,36,40)/b24-11-. The van der Waals surface area contributed by atoms with Crippen LogP contribution in [-0.2, 0) is 13.0 Å². The summed E-state index contributed by atoms with van der Waals surface area (Å²) in [5.74, 6) is 1.49. The van der Waals surface area contributed by atoms with Crippen LogP contribution < -0.4 is 27.2 Å². The van der Waals surface area contributed by atoms with Crippen LogP contribution in [0.25, 0.3) is 11.8 Å². The van der Waals surface area contributed by atoms with Gasteiger partial charge in [0.2, 0.25) is 5.95 Å². The third-order valence-electron chi connectivity index (χ3n) is 9.70. The third kappa shape index (κ3) is 4.35. The van der Waals surface area contributed by atoms with Crippen LogP contribution in [-0.4, -0.2) is 63.7 Å². The number of nitrogen functional groups attached to an aromatic ring is 1. The number of anilines is 2. The number of phenols is 1. The SMILES string of the molecule is N/C(=C\c1c(N)[nH]c2c1CN(c1ncc(C3CCN(C4CC5(CNC5)C4)CC3)c(=O)[nH]1)CC2)c1ccccc1O. The Morgan fingerprint density at radius 2 is 1.90 bits per heavy atom. The summed E-state index contributed by atoms with van der Waals surface area (Å²) in [5.41, 5.74) is 17.9. The van der Waals surface area contributed by atoms with E-state index in [1.165, 1.54) is 25.9 Å². The lowest BCUT2D eigenvalue weighted by atomic mass is 9.61. The summed E-state index contributed by atoms with van der Waals surface area (Å²) in [6, 6.07) is 7.70. The van der Waals surface area contributed by atoms with Gasteiger partial charge in [-0.25, -0.2) is 4.98 Å². The number of rotatable bonds is 5. The fraction of sp³-hybridized carbons (Fsp3) is 0.467. The van der Waals surface area contributed by atoms with Crippen molar-refractivity contribution in [3.05, 3.63) is 68.8 Å². The van der Waals surface area contributed by atoms with Crippen molar-refractivity contribution in [3.63, 3.8) is 0 Å².